The highest BCUT2D eigenvalue weighted by molar-refractivity contribution is 4.90. The maximum atomic E-state index is 9.77. The van der Waals surface area contributed by atoms with Crippen molar-refractivity contribution in [2.24, 2.45) is 0 Å². The van der Waals surface area contributed by atoms with Crippen LogP contribution in [0.15, 0.2) is 0 Å². The zero-order chi connectivity index (χ0) is 10.9. The molecule has 14 heavy (non-hydrogen) atoms. The van der Waals surface area contributed by atoms with Crippen molar-refractivity contribution in [1.29, 1.82) is 0 Å². The van der Waals surface area contributed by atoms with Gasteiger partial charge in [-0.05, 0) is 27.7 Å². The van der Waals surface area contributed by atoms with E-state index in [-0.39, 0.29) is 24.4 Å². The summed E-state index contributed by atoms with van der Waals surface area (Å²) in [5.74, 6) is 0. The molecular weight excluding hydrogens is 184 g/mol. The molecule has 0 bridgehead atoms. The molecule has 0 radical (unpaired) electrons. The minimum atomic E-state index is -0.741. The van der Waals surface area contributed by atoms with Gasteiger partial charge in [0.25, 0.3) is 0 Å². The molecule has 0 aromatic carbocycles. The molecule has 0 aromatic rings. The smallest absolute Gasteiger partial charge is 0.113 e. The largest absolute Gasteiger partial charge is 0.394 e. The van der Waals surface area contributed by atoms with Gasteiger partial charge in [-0.15, -0.1) is 0 Å². The molecule has 0 saturated carbocycles. The van der Waals surface area contributed by atoms with Crippen molar-refractivity contribution in [3.05, 3.63) is 0 Å². The number of hydrogen-bond acceptors (Lipinski definition) is 4. The molecule has 0 spiro atoms. The van der Waals surface area contributed by atoms with E-state index < -0.39 is 12.2 Å². The van der Waals surface area contributed by atoms with Crippen molar-refractivity contribution in [3.63, 3.8) is 0 Å². The summed E-state index contributed by atoms with van der Waals surface area (Å²) in [5, 5.41) is 18.7. The van der Waals surface area contributed by atoms with Crippen LogP contribution in [0.5, 0.6) is 0 Å². The van der Waals surface area contributed by atoms with Gasteiger partial charge in [-0.2, -0.15) is 0 Å². The molecule has 1 aliphatic heterocycles. The van der Waals surface area contributed by atoms with Gasteiger partial charge in [-0.1, -0.05) is 0 Å². The molecule has 1 heterocycles. The second-order valence-corrected chi connectivity index (χ2v) is 4.75. The lowest BCUT2D eigenvalue weighted by Crippen LogP contribution is -2.40. The third-order valence-corrected chi connectivity index (χ3v) is 2.24. The van der Waals surface area contributed by atoms with E-state index in [0.29, 0.717) is 0 Å². The summed E-state index contributed by atoms with van der Waals surface area (Å²) in [6.07, 6.45) is -1.79. The van der Waals surface area contributed by atoms with Crippen LogP contribution in [0.4, 0.5) is 0 Å². The van der Waals surface area contributed by atoms with Gasteiger partial charge in [0.15, 0.2) is 0 Å². The first-order valence-corrected chi connectivity index (χ1v) is 4.97. The van der Waals surface area contributed by atoms with Crippen LogP contribution in [0.1, 0.15) is 27.7 Å². The Morgan fingerprint density at radius 1 is 1.36 bits per heavy atom. The van der Waals surface area contributed by atoms with Crippen molar-refractivity contribution in [2.75, 3.05) is 6.61 Å². The van der Waals surface area contributed by atoms with Crippen LogP contribution in [-0.2, 0) is 9.47 Å². The molecule has 2 N–H and O–H groups in total. The predicted molar refractivity (Wildman–Crippen MR) is 52.1 cm³/mol. The Morgan fingerprint density at radius 2 is 1.93 bits per heavy atom. The third kappa shape index (κ3) is 2.67. The van der Waals surface area contributed by atoms with Crippen LogP contribution in [0.25, 0.3) is 0 Å². The molecule has 4 atom stereocenters. The Labute approximate surface area is 84.8 Å². The highest BCUT2D eigenvalue weighted by atomic mass is 16.6. The maximum Gasteiger partial charge on any atom is 0.113 e. The fourth-order valence-electron chi connectivity index (χ4n) is 1.65. The summed E-state index contributed by atoms with van der Waals surface area (Å²) in [5.41, 5.74) is -0.312. The molecule has 4 heteroatoms. The van der Waals surface area contributed by atoms with Crippen molar-refractivity contribution < 1.29 is 19.7 Å². The van der Waals surface area contributed by atoms with Crippen molar-refractivity contribution in [2.45, 2.75) is 57.7 Å². The molecule has 84 valence electrons. The van der Waals surface area contributed by atoms with Gasteiger partial charge in [-0.25, -0.2) is 0 Å². The fourth-order valence-corrected chi connectivity index (χ4v) is 1.65. The first-order chi connectivity index (χ1) is 6.35. The Balaban J connectivity index is 2.61. The predicted octanol–water partition coefficient (Wildman–Crippen LogP) is 0.311. The molecule has 0 aliphatic carbocycles. The van der Waals surface area contributed by atoms with Gasteiger partial charge in [-0.3, -0.25) is 0 Å². The van der Waals surface area contributed by atoms with E-state index in [4.69, 9.17) is 14.6 Å². The Hall–Kier alpha value is -0.160. The fraction of sp³-hybridized carbons (Fsp3) is 1.00. The quantitative estimate of drug-likeness (QED) is 0.679. The second kappa shape index (κ2) is 4.14. The molecule has 1 fully saturated rings. The van der Waals surface area contributed by atoms with Crippen LogP contribution in [0.3, 0.4) is 0 Å². The number of hydrogen-bond donors (Lipinski definition) is 2. The van der Waals surface area contributed by atoms with Crippen LogP contribution < -0.4 is 0 Å². The topological polar surface area (TPSA) is 58.9 Å². The molecule has 1 rings (SSSR count). The highest BCUT2D eigenvalue weighted by Crippen LogP contribution is 2.27. The third-order valence-electron chi connectivity index (χ3n) is 2.24. The number of ether oxygens (including phenoxy) is 2. The van der Waals surface area contributed by atoms with E-state index in [0.717, 1.165) is 0 Å². The molecule has 1 aliphatic rings. The van der Waals surface area contributed by atoms with Crippen LogP contribution >= 0.6 is 0 Å². The van der Waals surface area contributed by atoms with E-state index in [1.54, 1.807) is 0 Å². The first kappa shape index (κ1) is 11.9. The first-order valence-electron chi connectivity index (χ1n) is 4.97. The van der Waals surface area contributed by atoms with E-state index in [2.05, 4.69) is 0 Å². The van der Waals surface area contributed by atoms with Gasteiger partial charge in [0.05, 0.1) is 18.3 Å². The molecule has 4 nitrogen and oxygen atoms in total. The standard InChI is InChI=1S/C10H20O4/c1-6-9(14-10(2,3)4)8(12)7(5-11)13-6/h6-9,11-12H,5H2,1-4H3/t6-,7+,8?,9+/m0/s1. The summed E-state index contributed by atoms with van der Waals surface area (Å²) in [6.45, 7) is 7.46. The zero-order valence-electron chi connectivity index (χ0n) is 9.23. The molecule has 1 unspecified atom stereocenters. The Bertz CT molecular complexity index is 187. The van der Waals surface area contributed by atoms with Crippen LogP contribution in [-0.4, -0.2) is 46.8 Å². The normalized spacial score (nSPS) is 39.0. The molecular formula is C10H20O4. The average Bonchev–Trinajstić information content (AvgIpc) is 2.29. The molecule has 0 aromatic heterocycles. The summed E-state index contributed by atoms with van der Waals surface area (Å²) >= 11 is 0. The second-order valence-electron chi connectivity index (χ2n) is 4.75. The summed E-state index contributed by atoms with van der Waals surface area (Å²) in [4.78, 5) is 0. The summed E-state index contributed by atoms with van der Waals surface area (Å²) in [6, 6.07) is 0. The van der Waals surface area contributed by atoms with E-state index >= 15 is 0 Å². The minimum Gasteiger partial charge on any atom is -0.394 e. The van der Waals surface area contributed by atoms with Gasteiger partial charge >= 0.3 is 0 Å². The average molecular weight is 204 g/mol. The SMILES string of the molecule is C[C@@H]1O[C@H](CO)C(O)[C@@H]1OC(C)(C)C. The lowest BCUT2D eigenvalue weighted by molar-refractivity contribution is -0.109. The van der Waals surface area contributed by atoms with E-state index in [1.807, 2.05) is 27.7 Å². The lowest BCUT2D eigenvalue weighted by atomic mass is 10.1. The van der Waals surface area contributed by atoms with Crippen molar-refractivity contribution in [1.82, 2.24) is 0 Å². The molecule has 1 saturated heterocycles. The van der Waals surface area contributed by atoms with Crippen LogP contribution in [0, 0.1) is 0 Å². The maximum absolute atomic E-state index is 9.77. The summed E-state index contributed by atoms with van der Waals surface area (Å²) < 4.78 is 11.0. The monoisotopic (exact) mass is 204 g/mol. The number of aliphatic hydroxyl groups excluding tert-OH is 2. The highest BCUT2D eigenvalue weighted by Gasteiger charge is 2.43. The summed E-state index contributed by atoms with van der Waals surface area (Å²) in [7, 11) is 0. The van der Waals surface area contributed by atoms with Crippen LogP contribution in [0.2, 0.25) is 0 Å². The zero-order valence-corrected chi connectivity index (χ0v) is 9.23. The van der Waals surface area contributed by atoms with Gasteiger partial charge in [0.2, 0.25) is 0 Å². The van der Waals surface area contributed by atoms with Gasteiger partial charge in [0.1, 0.15) is 18.3 Å². The van der Waals surface area contributed by atoms with E-state index in [1.165, 1.54) is 0 Å². The number of aliphatic hydroxyl groups is 2. The van der Waals surface area contributed by atoms with Crippen molar-refractivity contribution >= 4 is 0 Å². The molecule has 0 amide bonds. The lowest BCUT2D eigenvalue weighted by Gasteiger charge is -2.28. The Morgan fingerprint density at radius 3 is 2.29 bits per heavy atom. The number of rotatable bonds is 2. The minimum absolute atomic E-state index is 0.171. The van der Waals surface area contributed by atoms with Gasteiger partial charge < -0.3 is 19.7 Å². The van der Waals surface area contributed by atoms with Crippen molar-refractivity contribution in [3.8, 4) is 0 Å². The van der Waals surface area contributed by atoms with E-state index in [9.17, 15) is 5.11 Å². The Kier molecular flexibility index (Phi) is 3.53. The van der Waals surface area contributed by atoms with Gasteiger partial charge in [0, 0.05) is 0 Å².